The molecule has 0 aromatic heterocycles. The van der Waals surface area contributed by atoms with E-state index in [1.165, 1.54) is 77.2 Å². The molecule has 0 amide bonds. The van der Waals surface area contributed by atoms with E-state index in [4.69, 9.17) is 4.74 Å². The summed E-state index contributed by atoms with van der Waals surface area (Å²) in [6.07, 6.45) is 0. The highest BCUT2D eigenvalue weighted by atomic mass is 16.5. The highest BCUT2D eigenvalue weighted by molar-refractivity contribution is 6.07. The molecule has 1 aliphatic carbocycles. The molecule has 0 radical (unpaired) electrons. The number of hydrogen-bond donors (Lipinski definition) is 0. The number of fused-ring (bicyclic) bond motifs is 8. The number of nitrogens with zero attached hydrogens (tertiary/aromatic N) is 1. The molecule has 2 aliphatic rings. The Kier molecular flexibility index (Phi) is 7.37. The highest BCUT2D eigenvalue weighted by Gasteiger charge is 2.40. The van der Waals surface area contributed by atoms with Gasteiger partial charge in [-0.2, -0.15) is 0 Å². The molecule has 9 aromatic rings. The van der Waals surface area contributed by atoms with E-state index in [2.05, 4.69) is 209 Å². The van der Waals surface area contributed by atoms with Crippen molar-refractivity contribution < 1.29 is 4.74 Å². The van der Waals surface area contributed by atoms with Crippen LogP contribution < -0.4 is 9.64 Å². The maximum absolute atomic E-state index is 7.27. The minimum atomic E-state index is -0.220. The Morgan fingerprint density at radius 2 is 0.965 bits per heavy atom. The lowest BCUT2D eigenvalue weighted by atomic mass is 9.81. The number of ether oxygens (including phenoxy) is 1. The van der Waals surface area contributed by atoms with E-state index < -0.39 is 0 Å². The van der Waals surface area contributed by atoms with Crippen LogP contribution in [0, 0.1) is 13.8 Å². The van der Waals surface area contributed by atoms with Gasteiger partial charge in [-0.05, 0) is 115 Å². The largest absolute Gasteiger partial charge is 0.453 e. The third-order valence-corrected chi connectivity index (χ3v) is 12.5. The van der Waals surface area contributed by atoms with Crippen LogP contribution in [0.4, 0.5) is 17.1 Å². The van der Waals surface area contributed by atoms with Crippen molar-refractivity contribution in [2.24, 2.45) is 0 Å². The fourth-order valence-electron chi connectivity index (χ4n) is 9.69. The average Bonchev–Trinajstić information content (AvgIpc) is 3.47. The normalized spacial score (nSPS) is 13.5. The van der Waals surface area contributed by atoms with Crippen molar-refractivity contribution in [3.05, 3.63) is 198 Å². The van der Waals surface area contributed by atoms with Gasteiger partial charge in [0.2, 0.25) is 0 Å². The smallest absolute Gasteiger partial charge is 0.152 e. The molecule has 0 unspecified atom stereocenters. The standard InChI is InChI=1S/C55H41NO/c1-34-26-27-38-20-11-13-22-40(38)52(34)44-31-50-48(30-35(44)2)56(54-42(36-16-7-5-8-17-36)24-15-25-43(54)37-18-9-6-10-19-37)49-33-47-45(32-51(49)57-50)53-41-23-14-12-21-39(41)28-29-46(53)55(47,3)4/h5-33H,1-4H3. The van der Waals surface area contributed by atoms with Crippen LogP contribution in [0.25, 0.3) is 66.1 Å². The van der Waals surface area contributed by atoms with Crippen molar-refractivity contribution in [3.8, 4) is 56.0 Å². The highest BCUT2D eigenvalue weighted by Crippen LogP contribution is 2.60. The number of aryl methyl sites for hydroxylation is 2. The van der Waals surface area contributed by atoms with Crippen LogP contribution in [0.5, 0.6) is 11.5 Å². The summed E-state index contributed by atoms with van der Waals surface area (Å²) in [5.41, 5.74) is 17.7. The van der Waals surface area contributed by atoms with Crippen LogP contribution in [-0.4, -0.2) is 0 Å². The maximum Gasteiger partial charge on any atom is 0.152 e. The van der Waals surface area contributed by atoms with Gasteiger partial charge < -0.3 is 9.64 Å². The van der Waals surface area contributed by atoms with Crippen molar-refractivity contribution in [2.75, 3.05) is 4.90 Å². The van der Waals surface area contributed by atoms with Gasteiger partial charge in [0, 0.05) is 16.5 Å². The monoisotopic (exact) mass is 731 g/mol. The summed E-state index contributed by atoms with van der Waals surface area (Å²) >= 11 is 0. The quantitative estimate of drug-likeness (QED) is 0.179. The maximum atomic E-state index is 7.27. The molecule has 11 rings (SSSR count). The van der Waals surface area contributed by atoms with Crippen LogP contribution in [-0.2, 0) is 5.41 Å². The predicted molar refractivity (Wildman–Crippen MR) is 240 cm³/mol. The molecule has 1 heterocycles. The van der Waals surface area contributed by atoms with E-state index in [-0.39, 0.29) is 5.41 Å². The van der Waals surface area contributed by atoms with Gasteiger partial charge in [0.1, 0.15) is 0 Å². The molecule has 9 aromatic carbocycles. The molecule has 57 heavy (non-hydrogen) atoms. The van der Waals surface area contributed by atoms with Crippen molar-refractivity contribution in [1.29, 1.82) is 0 Å². The minimum Gasteiger partial charge on any atom is -0.453 e. The first-order valence-corrected chi connectivity index (χ1v) is 19.9. The summed E-state index contributed by atoms with van der Waals surface area (Å²) in [6, 6.07) is 64.3. The molecule has 272 valence electrons. The summed E-state index contributed by atoms with van der Waals surface area (Å²) in [7, 11) is 0. The van der Waals surface area contributed by atoms with Crippen LogP contribution in [0.15, 0.2) is 176 Å². The average molecular weight is 732 g/mol. The van der Waals surface area contributed by atoms with Gasteiger partial charge in [-0.15, -0.1) is 0 Å². The number of rotatable bonds is 4. The van der Waals surface area contributed by atoms with Gasteiger partial charge in [0.05, 0.1) is 17.1 Å². The minimum absolute atomic E-state index is 0.220. The first-order valence-electron chi connectivity index (χ1n) is 19.9. The molecule has 0 bridgehead atoms. The van der Waals surface area contributed by atoms with E-state index in [0.717, 1.165) is 39.7 Å². The number of para-hydroxylation sites is 1. The van der Waals surface area contributed by atoms with E-state index in [9.17, 15) is 0 Å². The second kappa shape index (κ2) is 12.6. The van der Waals surface area contributed by atoms with Gasteiger partial charge in [-0.1, -0.05) is 166 Å². The van der Waals surface area contributed by atoms with E-state index >= 15 is 0 Å². The summed E-state index contributed by atoms with van der Waals surface area (Å²) in [6.45, 7) is 9.21. The van der Waals surface area contributed by atoms with Crippen molar-refractivity contribution >= 4 is 38.6 Å². The van der Waals surface area contributed by atoms with Gasteiger partial charge in [0.15, 0.2) is 11.5 Å². The second-order valence-electron chi connectivity index (χ2n) is 16.2. The van der Waals surface area contributed by atoms with Crippen molar-refractivity contribution in [3.63, 3.8) is 0 Å². The summed E-state index contributed by atoms with van der Waals surface area (Å²) < 4.78 is 7.27. The molecule has 2 nitrogen and oxygen atoms in total. The Hall–Kier alpha value is -6.90. The van der Waals surface area contributed by atoms with Gasteiger partial charge in [-0.3, -0.25) is 0 Å². The number of anilines is 3. The molecule has 0 saturated carbocycles. The molecule has 0 saturated heterocycles. The SMILES string of the molecule is Cc1cc2c(cc1-c1c(C)ccc3ccccc13)Oc1cc3c(cc1N2c1c(-c2ccccc2)cccc1-c1ccccc1)C(C)(C)c1ccc2ccccc2c1-3. The number of benzene rings is 9. The molecule has 2 heteroatoms. The van der Waals surface area contributed by atoms with E-state index in [1.54, 1.807) is 0 Å². The lowest BCUT2D eigenvalue weighted by molar-refractivity contribution is 0.477. The van der Waals surface area contributed by atoms with Crippen LogP contribution in [0.1, 0.15) is 36.1 Å². The van der Waals surface area contributed by atoms with E-state index in [1.807, 2.05) is 0 Å². The summed E-state index contributed by atoms with van der Waals surface area (Å²) in [4.78, 5) is 2.50. The Bertz CT molecular complexity index is 3030. The fourth-order valence-corrected chi connectivity index (χ4v) is 9.69. The zero-order valence-electron chi connectivity index (χ0n) is 32.6. The topological polar surface area (TPSA) is 12.5 Å². The van der Waals surface area contributed by atoms with Crippen molar-refractivity contribution in [1.82, 2.24) is 0 Å². The third kappa shape index (κ3) is 5.03. The van der Waals surface area contributed by atoms with Gasteiger partial charge in [-0.25, -0.2) is 0 Å². The molecular formula is C55H41NO. The zero-order chi connectivity index (χ0) is 38.4. The third-order valence-electron chi connectivity index (χ3n) is 12.5. The van der Waals surface area contributed by atoms with Gasteiger partial charge in [0.25, 0.3) is 0 Å². The molecule has 0 fully saturated rings. The molecular weight excluding hydrogens is 691 g/mol. The first-order chi connectivity index (χ1) is 27.9. The first kappa shape index (κ1) is 33.4. The molecule has 1 aliphatic heterocycles. The Morgan fingerprint density at radius 1 is 0.421 bits per heavy atom. The van der Waals surface area contributed by atoms with Crippen LogP contribution in [0.3, 0.4) is 0 Å². The van der Waals surface area contributed by atoms with Crippen LogP contribution in [0.2, 0.25) is 0 Å². The Labute approximate surface area is 334 Å². The zero-order valence-corrected chi connectivity index (χ0v) is 32.6. The Morgan fingerprint density at radius 3 is 1.61 bits per heavy atom. The van der Waals surface area contributed by atoms with Crippen LogP contribution >= 0.6 is 0 Å². The molecule has 0 atom stereocenters. The number of hydrogen-bond acceptors (Lipinski definition) is 2. The lowest BCUT2D eigenvalue weighted by Crippen LogP contribution is -2.20. The van der Waals surface area contributed by atoms with Crippen molar-refractivity contribution in [2.45, 2.75) is 33.1 Å². The predicted octanol–water partition coefficient (Wildman–Crippen LogP) is 15.5. The second-order valence-corrected chi connectivity index (χ2v) is 16.2. The lowest BCUT2D eigenvalue weighted by Gasteiger charge is -2.37. The Balaban J connectivity index is 1.24. The molecule has 0 spiro atoms. The fraction of sp³-hybridized carbons (Fsp3) is 0.0909. The summed E-state index contributed by atoms with van der Waals surface area (Å²) in [5, 5.41) is 5.01. The van der Waals surface area contributed by atoms with Gasteiger partial charge >= 0.3 is 0 Å². The van der Waals surface area contributed by atoms with E-state index in [0.29, 0.717) is 0 Å². The summed E-state index contributed by atoms with van der Waals surface area (Å²) in [5.74, 6) is 1.69. The molecule has 0 N–H and O–H groups in total.